The lowest BCUT2D eigenvalue weighted by Gasteiger charge is -2.09. The van der Waals surface area contributed by atoms with Gasteiger partial charge in [-0.15, -0.1) is 0 Å². The molecule has 1 aromatic carbocycles. The molecule has 0 spiro atoms. The predicted molar refractivity (Wildman–Crippen MR) is 70.9 cm³/mol. The maximum Gasteiger partial charge on any atom is 0.433 e. The van der Waals surface area contributed by atoms with Crippen molar-refractivity contribution in [1.29, 1.82) is 0 Å². The Kier molecular flexibility index (Phi) is 3.99. The topological polar surface area (TPSA) is 94.6 Å². The first kappa shape index (κ1) is 13.6. The average Bonchev–Trinajstić information content (AvgIpc) is 2.91. The van der Waals surface area contributed by atoms with Crippen LogP contribution in [0.5, 0.6) is 5.75 Å². The SMILES string of the molecule is CCOc1ccccc1NC(=O)c1ccc([N+](=O)[O-])o1. The number of para-hydroxylation sites is 2. The van der Waals surface area contributed by atoms with Crippen LogP contribution in [0.2, 0.25) is 0 Å². The summed E-state index contributed by atoms with van der Waals surface area (Å²) in [7, 11) is 0. The van der Waals surface area contributed by atoms with Crippen molar-refractivity contribution in [3.63, 3.8) is 0 Å². The maximum absolute atomic E-state index is 11.9. The van der Waals surface area contributed by atoms with Crippen molar-refractivity contribution in [2.45, 2.75) is 6.92 Å². The fourth-order valence-electron chi connectivity index (χ4n) is 1.58. The Balaban J connectivity index is 2.16. The van der Waals surface area contributed by atoms with Crippen LogP contribution in [-0.2, 0) is 0 Å². The molecule has 1 N–H and O–H groups in total. The smallest absolute Gasteiger partial charge is 0.433 e. The second-order valence-corrected chi connectivity index (χ2v) is 3.78. The molecule has 0 atom stereocenters. The largest absolute Gasteiger partial charge is 0.492 e. The number of carbonyl (C=O) groups excluding carboxylic acids is 1. The van der Waals surface area contributed by atoms with Crippen LogP contribution in [0, 0.1) is 10.1 Å². The number of amides is 1. The molecule has 104 valence electrons. The molecule has 20 heavy (non-hydrogen) atoms. The van der Waals surface area contributed by atoms with Crippen LogP contribution in [0.4, 0.5) is 11.6 Å². The first-order valence-corrected chi connectivity index (χ1v) is 5.89. The van der Waals surface area contributed by atoms with E-state index in [9.17, 15) is 14.9 Å². The Labute approximate surface area is 114 Å². The van der Waals surface area contributed by atoms with E-state index in [4.69, 9.17) is 9.15 Å². The molecule has 0 aliphatic carbocycles. The Bertz CT molecular complexity index is 635. The fraction of sp³-hybridized carbons (Fsp3) is 0.154. The number of ether oxygens (including phenoxy) is 1. The van der Waals surface area contributed by atoms with Crippen LogP contribution in [0.15, 0.2) is 40.8 Å². The number of hydrogen-bond donors (Lipinski definition) is 1. The van der Waals surface area contributed by atoms with Gasteiger partial charge in [0.25, 0.3) is 5.91 Å². The summed E-state index contributed by atoms with van der Waals surface area (Å²) in [5.74, 6) is -0.675. The molecule has 0 saturated heterocycles. The number of furan rings is 1. The molecule has 2 rings (SSSR count). The van der Waals surface area contributed by atoms with E-state index in [1.54, 1.807) is 24.3 Å². The zero-order chi connectivity index (χ0) is 14.5. The zero-order valence-corrected chi connectivity index (χ0v) is 10.7. The van der Waals surface area contributed by atoms with Crippen molar-refractivity contribution in [2.24, 2.45) is 0 Å². The van der Waals surface area contributed by atoms with Gasteiger partial charge in [-0.2, -0.15) is 0 Å². The maximum atomic E-state index is 11.9. The van der Waals surface area contributed by atoms with Gasteiger partial charge < -0.3 is 14.5 Å². The van der Waals surface area contributed by atoms with Gasteiger partial charge >= 0.3 is 5.88 Å². The highest BCUT2D eigenvalue weighted by atomic mass is 16.6. The molecule has 0 fully saturated rings. The summed E-state index contributed by atoms with van der Waals surface area (Å²) >= 11 is 0. The van der Waals surface area contributed by atoms with E-state index in [0.717, 1.165) is 6.07 Å². The molecule has 0 aliphatic rings. The summed E-state index contributed by atoms with van der Waals surface area (Å²) < 4.78 is 10.2. The second-order valence-electron chi connectivity index (χ2n) is 3.78. The molecule has 1 aromatic heterocycles. The van der Waals surface area contributed by atoms with Crippen molar-refractivity contribution in [3.8, 4) is 5.75 Å². The van der Waals surface area contributed by atoms with Crippen LogP contribution < -0.4 is 10.1 Å². The quantitative estimate of drug-likeness (QED) is 0.669. The van der Waals surface area contributed by atoms with E-state index in [1.165, 1.54) is 6.07 Å². The lowest BCUT2D eigenvalue weighted by atomic mass is 10.3. The molecule has 0 bridgehead atoms. The molecule has 0 unspecified atom stereocenters. The number of rotatable bonds is 5. The Hall–Kier alpha value is -2.83. The van der Waals surface area contributed by atoms with Gasteiger partial charge in [-0.05, 0) is 25.1 Å². The number of nitrogens with zero attached hydrogens (tertiary/aromatic N) is 1. The summed E-state index contributed by atoms with van der Waals surface area (Å²) in [4.78, 5) is 21.7. The third kappa shape index (κ3) is 2.94. The lowest BCUT2D eigenvalue weighted by molar-refractivity contribution is -0.402. The van der Waals surface area contributed by atoms with Gasteiger partial charge in [0.15, 0.2) is 5.76 Å². The third-order valence-electron chi connectivity index (χ3n) is 2.43. The number of nitro groups is 1. The molecule has 1 heterocycles. The zero-order valence-electron chi connectivity index (χ0n) is 10.7. The van der Waals surface area contributed by atoms with Crippen LogP contribution >= 0.6 is 0 Å². The Morgan fingerprint density at radius 2 is 2.10 bits per heavy atom. The van der Waals surface area contributed by atoms with Crippen molar-refractivity contribution < 1.29 is 18.9 Å². The minimum absolute atomic E-state index is 0.136. The first-order chi connectivity index (χ1) is 9.61. The predicted octanol–water partition coefficient (Wildman–Crippen LogP) is 2.84. The summed E-state index contributed by atoms with van der Waals surface area (Å²) in [6, 6.07) is 9.27. The van der Waals surface area contributed by atoms with Gasteiger partial charge in [0, 0.05) is 0 Å². The van der Waals surface area contributed by atoms with Gasteiger partial charge in [-0.25, -0.2) is 0 Å². The highest BCUT2D eigenvalue weighted by Gasteiger charge is 2.18. The summed E-state index contributed by atoms with van der Waals surface area (Å²) in [5, 5.41) is 13.1. The van der Waals surface area contributed by atoms with Gasteiger partial charge in [0.05, 0.1) is 18.4 Å². The van der Waals surface area contributed by atoms with Crippen LogP contribution in [-0.4, -0.2) is 17.4 Å². The highest BCUT2D eigenvalue weighted by molar-refractivity contribution is 6.03. The molecule has 2 aromatic rings. The second kappa shape index (κ2) is 5.87. The molecule has 0 saturated carbocycles. The van der Waals surface area contributed by atoms with E-state index in [1.807, 2.05) is 6.92 Å². The standard InChI is InChI=1S/C13H12N2O5/c1-2-19-10-6-4-3-5-9(10)14-13(16)11-7-8-12(20-11)15(17)18/h3-8H,2H2,1H3,(H,14,16). The number of nitrogens with one attached hydrogen (secondary N) is 1. The van der Waals surface area contributed by atoms with Gasteiger partial charge in [0.2, 0.25) is 0 Å². The molecule has 7 nitrogen and oxygen atoms in total. The third-order valence-corrected chi connectivity index (χ3v) is 2.43. The number of anilines is 1. The summed E-state index contributed by atoms with van der Waals surface area (Å²) in [6.07, 6.45) is 0. The normalized spacial score (nSPS) is 10.1. The van der Waals surface area contributed by atoms with Crippen LogP contribution in [0.25, 0.3) is 0 Å². The van der Waals surface area contributed by atoms with E-state index in [0.29, 0.717) is 18.0 Å². The lowest BCUT2D eigenvalue weighted by Crippen LogP contribution is -2.12. The van der Waals surface area contributed by atoms with Gasteiger partial charge in [-0.1, -0.05) is 12.1 Å². The van der Waals surface area contributed by atoms with Crippen molar-refractivity contribution in [3.05, 3.63) is 52.3 Å². The molecular formula is C13H12N2O5. The number of carbonyl (C=O) groups is 1. The van der Waals surface area contributed by atoms with E-state index < -0.39 is 16.7 Å². The minimum atomic E-state index is -0.703. The summed E-state index contributed by atoms with van der Waals surface area (Å²) in [6.45, 7) is 2.29. The number of benzene rings is 1. The monoisotopic (exact) mass is 276 g/mol. The molecular weight excluding hydrogens is 264 g/mol. The van der Waals surface area contributed by atoms with Crippen molar-refractivity contribution in [2.75, 3.05) is 11.9 Å². The van der Waals surface area contributed by atoms with Crippen molar-refractivity contribution in [1.82, 2.24) is 0 Å². The fourth-order valence-corrected chi connectivity index (χ4v) is 1.58. The van der Waals surface area contributed by atoms with E-state index in [2.05, 4.69) is 5.32 Å². The molecule has 0 radical (unpaired) electrons. The molecule has 7 heteroatoms. The molecule has 0 aliphatic heterocycles. The first-order valence-electron chi connectivity index (χ1n) is 5.89. The van der Waals surface area contributed by atoms with Gasteiger partial charge in [-0.3, -0.25) is 14.9 Å². The van der Waals surface area contributed by atoms with Crippen LogP contribution in [0.3, 0.4) is 0 Å². The Morgan fingerprint density at radius 1 is 1.35 bits per heavy atom. The van der Waals surface area contributed by atoms with Crippen molar-refractivity contribution >= 4 is 17.5 Å². The summed E-state index contributed by atoms with van der Waals surface area (Å²) in [5.41, 5.74) is 0.471. The number of hydrogen-bond acceptors (Lipinski definition) is 5. The average molecular weight is 276 g/mol. The molecule has 1 amide bonds. The van der Waals surface area contributed by atoms with Crippen LogP contribution in [0.1, 0.15) is 17.5 Å². The highest BCUT2D eigenvalue weighted by Crippen LogP contribution is 2.25. The Morgan fingerprint density at radius 3 is 2.75 bits per heavy atom. The van der Waals surface area contributed by atoms with E-state index >= 15 is 0 Å². The van der Waals surface area contributed by atoms with Gasteiger partial charge in [0.1, 0.15) is 10.7 Å². The minimum Gasteiger partial charge on any atom is -0.492 e. The van der Waals surface area contributed by atoms with E-state index in [-0.39, 0.29) is 5.76 Å².